The molecule has 9 heteroatoms. The monoisotopic (exact) mass is 445 g/mol. The fourth-order valence-electron chi connectivity index (χ4n) is 4.61. The number of pyridine rings is 2. The van der Waals surface area contributed by atoms with E-state index in [1.54, 1.807) is 17.8 Å². The van der Waals surface area contributed by atoms with Gasteiger partial charge in [-0.1, -0.05) is 12.1 Å². The number of nitrogens with zero attached hydrogens (tertiary/aromatic N) is 5. The summed E-state index contributed by atoms with van der Waals surface area (Å²) in [4.78, 5) is 36.4. The van der Waals surface area contributed by atoms with Crippen molar-refractivity contribution in [3.8, 4) is 0 Å². The van der Waals surface area contributed by atoms with Crippen molar-refractivity contribution in [1.82, 2.24) is 30.0 Å². The molecule has 0 aliphatic carbocycles. The molecule has 1 fully saturated rings. The zero-order valence-corrected chi connectivity index (χ0v) is 19.1. The predicted octanol–water partition coefficient (Wildman–Crippen LogP) is 1.80. The molecule has 1 aliphatic heterocycles. The maximum Gasteiger partial charge on any atom is 0.276 e. The summed E-state index contributed by atoms with van der Waals surface area (Å²) in [6.07, 6.45) is 1.89. The van der Waals surface area contributed by atoms with Gasteiger partial charge in [0.15, 0.2) is 5.52 Å². The first-order valence-corrected chi connectivity index (χ1v) is 11.1. The summed E-state index contributed by atoms with van der Waals surface area (Å²) in [6.45, 7) is 6.40. The van der Waals surface area contributed by atoms with E-state index in [0.717, 1.165) is 60.4 Å². The lowest BCUT2D eigenvalue weighted by Crippen LogP contribution is -2.46. The van der Waals surface area contributed by atoms with E-state index in [4.69, 9.17) is 0 Å². The molecule has 0 saturated carbocycles. The highest BCUT2D eigenvalue weighted by Crippen LogP contribution is 2.24. The van der Waals surface area contributed by atoms with E-state index in [1.165, 1.54) is 5.56 Å². The molecule has 0 bridgehead atoms. The minimum atomic E-state index is -0.171. The van der Waals surface area contributed by atoms with Crippen molar-refractivity contribution in [3.63, 3.8) is 0 Å². The second-order valence-corrected chi connectivity index (χ2v) is 8.54. The summed E-state index contributed by atoms with van der Waals surface area (Å²) in [6, 6.07) is 10.0. The van der Waals surface area contributed by atoms with Gasteiger partial charge in [-0.2, -0.15) is 5.10 Å². The highest BCUT2D eigenvalue weighted by atomic mass is 16.1. The zero-order chi connectivity index (χ0) is 23.1. The Hall–Kier alpha value is -3.72. The van der Waals surface area contributed by atoms with Crippen molar-refractivity contribution in [3.05, 3.63) is 63.8 Å². The second-order valence-electron chi connectivity index (χ2n) is 8.54. The minimum Gasteiger partial charge on any atom is -0.368 e. The van der Waals surface area contributed by atoms with Gasteiger partial charge in [-0.05, 0) is 30.7 Å². The first-order valence-electron chi connectivity index (χ1n) is 11.1. The van der Waals surface area contributed by atoms with Crippen LogP contribution in [0.15, 0.2) is 41.3 Å². The second kappa shape index (κ2) is 8.32. The smallest absolute Gasteiger partial charge is 0.276 e. The van der Waals surface area contributed by atoms with Crippen LogP contribution in [0.4, 0.5) is 5.69 Å². The Bertz CT molecular complexity index is 1410. The molecule has 0 radical (unpaired) electrons. The SMILES string of the molecule is CNC(=O)c1ccc(N2CCN(Cc3ccc4c(c3)[nH]c(=O)c3nn(C)cc34)CC2)c(C)n1. The number of aryl methyl sites for hydroxylation is 2. The van der Waals surface area contributed by atoms with Gasteiger partial charge in [-0.15, -0.1) is 0 Å². The summed E-state index contributed by atoms with van der Waals surface area (Å²) in [7, 11) is 3.44. The molecule has 0 unspecified atom stereocenters. The molecule has 1 amide bonds. The van der Waals surface area contributed by atoms with Gasteiger partial charge in [-0.3, -0.25) is 19.2 Å². The van der Waals surface area contributed by atoms with Crippen molar-refractivity contribution in [2.45, 2.75) is 13.5 Å². The standard InChI is InChI=1S/C24H27N7O2/c1-15-21(7-6-19(26-15)23(32)25-2)31-10-8-30(9-11-31)13-16-4-5-17-18-14-29(3)28-22(18)24(33)27-20(17)12-16/h4-7,12,14H,8-11,13H2,1-3H3,(H,25,32)(H,27,33). The molecule has 9 nitrogen and oxygen atoms in total. The molecule has 4 aromatic rings. The van der Waals surface area contributed by atoms with E-state index in [1.807, 2.05) is 26.2 Å². The number of aromatic nitrogens is 4. The maximum absolute atomic E-state index is 12.4. The topological polar surface area (TPSA) is 99.1 Å². The first kappa shape index (κ1) is 21.1. The van der Waals surface area contributed by atoms with Gasteiger partial charge in [0.2, 0.25) is 0 Å². The van der Waals surface area contributed by atoms with Gasteiger partial charge >= 0.3 is 0 Å². The lowest BCUT2D eigenvalue weighted by molar-refractivity contribution is 0.0958. The number of carbonyl (C=O) groups is 1. The fourth-order valence-corrected chi connectivity index (χ4v) is 4.61. The Morgan fingerprint density at radius 3 is 2.64 bits per heavy atom. The van der Waals surface area contributed by atoms with Gasteiger partial charge < -0.3 is 15.2 Å². The quantitative estimate of drug-likeness (QED) is 0.497. The number of anilines is 1. The number of rotatable bonds is 4. The Morgan fingerprint density at radius 1 is 1.12 bits per heavy atom. The van der Waals surface area contributed by atoms with Gasteiger partial charge in [0, 0.05) is 69.3 Å². The van der Waals surface area contributed by atoms with Gasteiger partial charge in [0.25, 0.3) is 11.5 Å². The number of aromatic amines is 1. The van der Waals surface area contributed by atoms with Crippen molar-refractivity contribution < 1.29 is 4.79 Å². The van der Waals surface area contributed by atoms with E-state index in [2.05, 4.69) is 48.4 Å². The average Bonchev–Trinajstić information content (AvgIpc) is 3.21. The van der Waals surface area contributed by atoms with E-state index in [9.17, 15) is 9.59 Å². The van der Waals surface area contributed by atoms with E-state index in [-0.39, 0.29) is 11.5 Å². The Labute approximate surface area is 191 Å². The summed E-state index contributed by atoms with van der Waals surface area (Å²) < 4.78 is 1.68. The van der Waals surface area contributed by atoms with Crippen molar-refractivity contribution in [2.75, 3.05) is 38.1 Å². The molecule has 1 aliphatic rings. The highest BCUT2D eigenvalue weighted by Gasteiger charge is 2.20. The number of hydrogen-bond acceptors (Lipinski definition) is 6. The van der Waals surface area contributed by atoms with Crippen LogP contribution in [-0.4, -0.2) is 63.8 Å². The average molecular weight is 446 g/mol. The first-order chi connectivity index (χ1) is 15.9. The van der Waals surface area contributed by atoms with Crippen molar-refractivity contribution in [1.29, 1.82) is 0 Å². The van der Waals surface area contributed by atoms with Gasteiger partial charge in [0.05, 0.1) is 11.4 Å². The Kier molecular flexibility index (Phi) is 5.33. The molecular weight excluding hydrogens is 418 g/mol. The van der Waals surface area contributed by atoms with Crippen LogP contribution in [0, 0.1) is 6.92 Å². The van der Waals surface area contributed by atoms with Crippen LogP contribution in [0.25, 0.3) is 21.8 Å². The molecule has 1 aromatic carbocycles. The summed E-state index contributed by atoms with van der Waals surface area (Å²) in [5.41, 5.74) is 4.71. The number of nitrogens with one attached hydrogen (secondary N) is 2. The summed E-state index contributed by atoms with van der Waals surface area (Å²) in [5.74, 6) is -0.171. The Balaban J connectivity index is 1.29. The van der Waals surface area contributed by atoms with E-state index >= 15 is 0 Å². The molecule has 4 heterocycles. The number of benzene rings is 1. The molecule has 0 spiro atoms. The number of piperazine rings is 1. The van der Waals surface area contributed by atoms with Crippen LogP contribution < -0.4 is 15.8 Å². The fraction of sp³-hybridized carbons (Fsp3) is 0.333. The third-order valence-electron chi connectivity index (χ3n) is 6.30. The van der Waals surface area contributed by atoms with Gasteiger partial charge in [-0.25, -0.2) is 4.98 Å². The highest BCUT2D eigenvalue weighted by molar-refractivity contribution is 6.03. The maximum atomic E-state index is 12.4. The predicted molar refractivity (Wildman–Crippen MR) is 129 cm³/mol. The molecule has 3 aromatic heterocycles. The van der Waals surface area contributed by atoms with E-state index < -0.39 is 0 Å². The summed E-state index contributed by atoms with van der Waals surface area (Å²) in [5, 5.41) is 8.77. The Morgan fingerprint density at radius 2 is 1.91 bits per heavy atom. The minimum absolute atomic E-state index is 0.157. The lowest BCUT2D eigenvalue weighted by Gasteiger charge is -2.36. The molecule has 1 saturated heterocycles. The third-order valence-corrected chi connectivity index (χ3v) is 6.30. The van der Waals surface area contributed by atoms with E-state index in [0.29, 0.717) is 11.2 Å². The van der Waals surface area contributed by atoms with Crippen molar-refractivity contribution >= 4 is 33.4 Å². The number of H-pyrrole nitrogens is 1. The van der Waals surface area contributed by atoms with Crippen LogP contribution in [-0.2, 0) is 13.6 Å². The van der Waals surface area contributed by atoms with Crippen LogP contribution >= 0.6 is 0 Å². The van der Waals surface area contributed by atoms with Crippen LogP contribution in [0.5, 0.6) is 0 Å². The molecule has 170 valence electrons. The summed E-state index contributed by atoms with van der Waals surface area (Å²) >= 11 is 0. The normalized spacial score (nSPS) is 14.8. The number of fused-ring (bicyclic) bond motifs is 3. The largest absolute Gasteiger partial charge is 0.368 e. The lowest BCUT2D eigenvalue weighted by atomic mass is 10.1. The van der Waals surface area contributed by atoms with Crippen molar-refractivity contribution in [2.24, 2.45) is 7.05 Å². The third kappa shape index (κ3) is 3.95. The van der Waals surface area contributed by atoms with Crippen LogP contribution in [0.1, 0.15) is 21.7 Å². The number of carbonyl (C=O) groups excluding carboxylic acids is 1. The molecule has 2 N–H and O–H groups in total. The van der Waals surface area contributed by atoms with Crippen LogP contribution in [0.3, 0.4) is 0 Å². The van der Waals surface area contributed by atoms with Crippen LogP contribution in [0.2, 0.25) is 0 Å². The van der Waals surface area contributed by atoms with Gasteiger partial charge in [0.1, 0.15) is 5.69 Å². The number of hydrogen-bond donors (Lipinski definition) is 2. The molecular formula is C24H27N7O2. The molecule has 33 heavy (non-hydrogen) atoms. The zero-order valence-electron chi connectivity index (χ0n) is 19.1. The molecule has 5 rings (SSSR count). The molecule has 0 atom stereocenters. The number of amides is 1.